The molecule has 708 valence electrons. The average Bonchev–Trinajstić information content (AvgIpc) is 0.793. The predicted octanol–water partition coefficient (Wildman–Crippen LogP) is 28.2. The number of hydrogen-bond donors (Lipinski definition) is 10. The largest absolute Gasteiger partial charge is 0.399 e. The molecule has 0 spiro atoms. The maximum absolute atomic E-state index is 7.32. The summed E-state index contributed by atoms with van der Waals surface area (Å²) in [6.45, 7) is 40.6. The zero-order valence-corrected chi connectivity index (χ0v) is 84.6. The van der Waals surface area contributed by atoms with E-state index in [4.69, 9.17) is 83.6 Å². The molecule has 15 aromatic carbocycles. The van der Waals surface area contributed by atoms with E-state index in [-0.39, 0.29) is 29.6 Å². The Morgan fingerprint density at radius 2 is 0.391 bits per heavy atom. The van der Waals surface area contributed by atoms with Crippen LogP contribution in [0.1, 0.15) is 251 Å². The second-order valence-electron chi connectivity index (χ2n) is 34.7. The molecule has 0 bridgehead atoms. The lowest BCUT2D eigenvalue weighted by Gasteiger charge is -2.25. The summed E-state index contributed by atoms with van der Waals surface area (Å²) in [6, 6.07) is 113. The third-order valence-electron chi connectivity index (χ3n) is 24.1. The van der Waals surface area contributed by atoms with Crippen molar-refractivity contribution in [2.45, 2.75) is 188 Å². The summed E-state index contributed by atoms with van der Waals surface area (Å²) in [5, 5.41) is 36.6. The summed E-state index contributed by atoms with van der Waals surface area (Å²) in [4.78, 5) is 0. The highest BCUT2D eigenvalue weighted by Gasteiger charge is 2.28. The Labute approximate surface area is 823 Å². The first-order valence-corrected chi connectivity index (χ1v) is 46.4. The van der Waals surface area contributed by atoms with Gasteiger partial charge in [0.2, 0.25) is 0 Å². The highest BCUT2D eigenvalue weighted by molar-refractivity contribution is 5.70. The van der Waals surface area contributed by atoms with Crippen molar-refractivity contribution in [1.29, 1.82) is 26.3 Å². The van der Waals surface area contributed by atoms with Crippen LogP contribution in [0.15, 0.2) is 297 Å². The van der Waals surface area contributed by atoms with Crippen molar-refractivity contribution >= 4 is 56.9 Å². The number of anilines is 10. The Bertz CT molecular complexity index is 6340. The van der Waals surface area contributed by atoms with E-state index >= 15 is 0 Å². The number of nitrogens with zero attached hydrogens (tertiary/aromatic N) is 5. The van der Waals surface area contributed by atoms with Gasteiger partial charge in [-0.2, -0.15) is 26.3 Å². The fraction of sp³-hybridized carbons (Fsp3) is 0.228. The first-order chi connectivity index (χ1) is 65.9. The molecule has 0 atom stereocenters. The van der Waals surface area contributed by atoms with Crippen molar-refractivity contribution < 1.29 is 0 Å². The molecule has 20 N–H and O–H groups in total. The number of benzene rings is 15. The van der Waals surface area contributed by atoms with E-state index in [1.54, 1.807) is 30.3 Å². The summed E-state index contributed by atoms with van der Waals surface area (Å²) in [6.07, 6.45) is 1.87. The van der Waals surface area contributed by atoms with E-state index in [9.17, 15) is 0 Å². The second kappa shape index (κ2) is 54.8. The van der Waals surface area contributed by atoms with E-state index in [0.29, 0.717) is 0 Å². The maximum atomic E-state index is 7.32. The Morgan fingerprint density at radius 1 is 0.188 bits per heavy atom. The lowest BCUT2D eigenvalue weighted by Crippen LogP contribution is -2.11. The molecule has 138 heavy (non-hydrogen) atoms. The highest BCUT2D eigenvalue weighted by Crippen LogP contribution is 2.45. The van der Waals surface area contributed by atoms with Crippen LogP contribution < -0.4 is 57.3 Å². The first kappa shape index (κ1) is 110. The Balaban J connectivity index is 0.000000255. The van der Waals surface area contributed by atoms with Gasteiger partial charge in [-0.25, -0.2) is 0 Å². The molecule has 0 saturated heterocycles. The van der Waals surface area contributed by atoms with Gasteiger partial charge in [-0.3, -0.25) is 0 Å². The number of aryl methyl sites for hydroxylation is 16. The summed E-state index contributed by atoms with van der Waals surface area (Å²) >= 11 is 0. The minimum absolute atomic E-state index is 0.0263. The van der Waals surface area contributed by atoms with E-state index < -0.39 is 0 Å². The summed E-state index contributed by atoms with van der Waals surface area (Å²) in [7, 11) is 0. The normalized spacial score (nSPS) is 10.1. The molecular weight excluding hydrogens is 1690 g/mol. The molecule has 0 aromatic heterocycles. The number of rotatable bonds is 17. The quantitative estimate of drug-likeness (QED) is 0.0299. The van der Waals surface area contributed by atoms with Crippen LogP contribution >= 0.6 is 0 Å². The van der Waals surface area contributed by atoms with Crippen LogP contribution in [-0.4, -0.2) is 0 Å². The lowest BCUT2D eigenvalue weighted by molar-refractivity contribution is 0.954. The first-order valence-electron chi connectivity index (χ1n) is 46.4. The van der Waals surface area contributed by atoms with Crippen LogP contribution in [0.2, 0.25) is 0 Å². The van der Waals surface area contributed by atoms with Crippen molar-refractivity contribution in [2.24, 2.45) is 0 Å². The smallest absolute Gasteiger partial charge is 0.0587 e. The number of hydrogen-bond acceptors (Lipinski definition) is 15. The zero-order valence-electron chi connectivity index (χ0n) is 84.6. The fourth-order valence-corrected chi connectivity index (χ4v) is 17.2. The molecule has 0 saturated carbocycles. The van der Waals surface area contributed by atoms with Gasteiger partial charge in [0.25, 0.3) is 0 Å². The Kier molecular flexibility index (Phi) is 43.9. The molecule has 0 radical (unpaired) electrons. The van der Waals surface area contributed by atoms with Gasteiger partial charge in [0, 0.05) is 121 Å². The molecule has 15 nitrogen and oxygen atoms in total. The minimum atomic E-state index is 0.0263. The van der Waals surface area contributed by atoms with Crippen molar-refractivity contribution in [1.82, 2.24) is 0 Å². The Hall–Kier alpha value is -16.3. The molecule has 0 aliphatic heterocycles. The molecule has 15 aromatic rings. The van der Waals surface area contributed by atoms with Gasteiger partial charge >= 0.3 is 0 Å². The third-order valence-corrected chi connectivity index (χ3v) is 24.1. The topological polar surface area (TPSA) is 379 Å². The fourth-order valence-electron chi connectivity index (χ4n) is 17.2. The minimum Gasteiger partial charge on any atom is -0.399 e. The monoisotopic (exact) mass is 1830 g/mol. The van der Waals surface area contributed by atoms with Crippen LogP contribution in [0.25, 0.3) is 0 Å². The average molecular weight is 1830 g/mol. The summed E-state index contributed by atoms with van der Waals surface area (Å²) in [5.74, 6) is 0.571. The van der Waals surface area contributed by atoms with E-state index in [2.05, 4.69) is 353 Å². The SMILES string of the molecule is CC#N.CC#N.CC#N.CC#N.CC#N.CCc1cc(C(c2ccccc2)c2cc(C)c(N)c(CC)c2)cc(C)c1N.Cc1cc(C(c2ccccc2)c2cc(C)c(N)c(C)c2)cc(C)c1N.Cc1cc(C(c2ccccc2)c2ccc(N)c(C)c2)ccc1N.Cc1cc(C)c(N)c(C(c2ccccc2)c2cc(C)cc(C)c2N)c1.Cc1ccc(N)c(C(c2ccccc2)c2cc(C)ccc2N)c1. The second-order valence-corrected chi connectivity index (χ2v) is 34.7. The van der Waals surface area contributed by atoms with Gasteiger partial charge in [-0.05, 0) is 284 Å². The molecule has 15 rings (SSSR count). The van der Waals surface area contributed by atoms with Gasteiger partial charge in [0.15, 0.2) is 0 Å². The molecule has 15 heteroatoms. The number of nitriles is 5. The van der Waals surface area contributed by atoms with Gasteiger partial charge in [0.1, 0.15) is 0 Å². The van der Waals surface area contributed by atoms with Gasteiger partial charge < -0.3 is 57.3 Å². The zero-order chi connectivity index (χ0) is 102. The maximum Gasteiger partial charge on any atom is 0.0587 e. The van der Waals surface area contributed by atoms with Gasteiger partial charge in [-0.1, -0.05) is 309 Å². The Morgan fingerprint density at radius 3 is 0.645 bits per heavy atom. The van der Waals surface area contributed by atoms with Crippen LogP contribution in [0.5, 0.6) is 0 Å². The molecule has 0 aliphatic rings. The van der Waals surface area contributed by atoms with Gasteiger partial charge in [-0.15, -0.1) is 0 Å². The van der Waals surface area contributed by atoms with Crippen LogP contribution in [0.4, 0.5) is 56.9 Å². The molecule has 0 aliphatic carbocycles. The molecule has 0 unspecified atom stereocenters. The number of nitrogens with two attached hydrogens (primary N) is 10. The molecular formula is C123H141N15. The summed E-state index contributed by atoms with van der Waals surface area (Å²) < 4.78 is 0. The summed E-state index contributed by atoms with van der Waals surface area (Å²) in [5.41, 5.74) is 108. The predicted molar refractivity (Wildman–Crippen MR) is 587 cm³/mol. The lowest BCUT2D eigenvalue weighted by atomic mass is 9.81. The molecule has 0 amide bonds. The van der Waals surface area contributed by atoms with E-state index in [1.807, 2.05) is 54.6 Å². The molecule has 0 fully saturated rings. The van der Waals surface area contributed by atoms with Crippen molar-refractivity contribution in [3.05, 3.63) is 470 Å². The molecule has 0 heterocycles. The van der Waals surface area contributed by atoms with Crippen molar-refractivity contribution in [3.8, 4) is 30.3 Å². The third kappa shape index (κ3) is 30.4. The number of nitrogen functional groups attached to an aromatic ring is 10. The van der Waals surface area contributed by atoms with Crippen LogP contribution in [-0.2, 0) is 12.8 Å². The standard InChI is InChI=1S/C25H30N2.2C23H26N2.2C21H22N2.5C2H3N/c1-5-18-14-21(12-16(3)24(18)26)23(20-10-8-7-9-11-20)22-13-17(4)25(27)19(6-2)15-22;1-14-10-19(11-15(2)22(14)24)21(18-8-6-5-7-9-18)20-12-16(3)23(25)17(4)13-20;1-14-10-16(3)22(24)19(12-14)21(18-8-6-5-7-9-18)20-13-15(2)11-17(4)23(20)25;1-14-12-17(8-10-19(14)22)21(16-6-4-3-5-7-16)18-9-11-20(23)15(2)13-18;1-14-8-10-19(22)17(12-14)21(16-6-4-3-5-7-16)18-13-15(2)9-11-20(18)23;5*1-2-3/h7-15,23H,5-6,26-27H2,1-4H3;2*5-13,21H,24-25H2,1-4H3;2*3-13,21H,22-23H2,1-2H3;5*1H3. The van der Waals surface area contributed by atoms with E-state index in [1.165, 1.54) is 129 Å². The van der Waals surface area contributed by atoms with Crippen LogP contribution in [0.3, 0.4) is 0 Å². The van der Waals surface area contributed by atoms with Crippen molar-refractivity contribution in [2.75, 3.05) is 57.3 Å². The van der Waals surface area contributed by atoms with Crippen molar-refractivity contribution in [3.63, 3.8) is 0 Å². The van der Waals surface area contributed by atoms with Crippen LogP contribution in [0, 0.1) is 154 Å². The van der Waals surface area contributed by atoms with Gasteiger partial charge in [0.05, 0.1) is 30.3 Å². The van der Waals surface area contributed by atoms with E-state index in [0.717, 1.165) is 148 Å². The highest BCUT2D eigenvalue weighted by atomic mass is 14.6.